The van der Waals surface area contributed by atoms with Crippen LogP contribution in [0.15, 0.2) is 12.3 Å². The Hall–Kier alpha value is -0.460. The molecule has 0 saturated heterocycles. The molecule has 48 valence electrons. The van der Waals surface area contributed by atoms with E-state index in [-0.39, 0.29) is 0 Å². The summed E-state index contributed by atoms with van der Waals surface area (Å²) in [7, 11) is 1.67. The highest BCUT2D eigenvalue weighted by atomic mass is 16.5. The topological polar surface area (TPSA) is 9.23 Å². The molecule has 1 nitrogen and oxygen atoms in total. The van der Waals surface area contributed by atoms with E-state index in [4.69, 9.17) is 4.74 Å². The molecule has 0 aliphatic rings. The van der Waals surface area contributed by atoms with Crippen molar-refractivity contribution in [2.24, 2.45) is 5.92 Å². The smallest absolute Gasteiger partial charge is 0.0787 e. The molecule has 0 aromatic rings. The molecule has 0 aliphatic heterocycles. The Morgan fingerprint density at radius 3 is 2.62 bits per heavy atom. The maximum atomic E-state index is 4.73. The molecular formula is C7H14O. The summed E-state index contributed by atoms with van der Waals surface area (Å²) < 4.78 is 4.73. The van der Waals surface area contributed by atoms with Crippen molar-refractivity contribution in [3.05, 3.63) is 12.3 Å². The number of hydrogen-bond acceptors (Lipinski definition) is 1. The Bertz CT molecular complexity index is 66.8. The second-order valence-electron chi connectivity index (χ2n) is 1.95. The summed E-state index contributed by atoms with van der Waals surface area (Å²) in [6.07, 6.45) is 4.97. The summed E-state index contributed by atoms with van der Waals surface area (Å²) in [4.78, 5) is 0. The van der Waals surface area contributed by atoms with Crippen LogP contribution in [0.4, 0.5) is 0 Å². The lowest BCUT2D eigenvalue weighted by Gasteiger charge is -1.97. The van der Waals surface area contributed by atoms with Gasteiger partial charge in [-0.15, -0.1) is 0 Å². The van der Waals surface area contributed by atoms with Crippen LogP contribution in [0.5, 0.6) is 0 Å². The molecule has 0 amide bonds. The molecule has 8 heavy (non-hydrogen) atoms. The Morgan fingerprint density at radius 2 is 2.25 bits per heavy atom. The fraction of sp³-hybridized carbons (Fsp3) is 0.714. The van der Waals surface area contributed by atoms with E-state index < -0.39 is 0 Å². The van der Waals surface area contributed by atoms with Crippen LogP contribution in [0.25, 0.3) is 0 Å². The van der Waals surface area contributed by atoms with Gasteiger partial charge in [-0.2, -0.15) is 0 Å². The van der Waals surface area contributed by atoms with Gasteiger partial charge in [0.1, 0.15) is 0 Å². The first kappa shape index (κ1) is 7.54. The van der Waals surface area contributed by atoms with E-state index in [1.54, 1.807) is 13.4 Å². The van der Waals surface area contributed by atoms with E-state index in [1.807, 2.05) is 0 Å². The van der Waals surface area contributed by atoms with Crippen LogP contribution >= 0.6 is 0 Å². The van der Waals surface area contributed by atoms with Crippen LogP contribution in [0.2, 0.25) is 0 Å². The Balaban J connectivity index is 3.21. The van der Waals surface area contributed by atoms with Crippen molar-refractivity contribution in [2.45, 2.75) is 20.3 Å². The van der Waals surface area contributed by atoms with Crippen LogP contribution < -0.4 is 0 Å². The van der Waals surface area contributed by atoms with Crippen molar-refractivity contribution in [1.82, 2.24) is 0 Å². The molecule has 0 radical (unpaired) electrons. The van der Waals surface area contributed by atoms with Gasteiger partial charge in [-0.3, -0.25) is 0 Å². The standard InChI is InChI=1S/C7H14O/c1-4-7(2)5-6-8-3/h5-7H,4H2,1-3H3/b6-5+/t7-/m1/s1. The predicted molar refractivity (Wildman–Crippen MR) is 35.6 cm³/mol. The van der Waals surface area contributed by atoms with Gasteiger partial charge < -0.3 is 4.74 Å². The highest BCUT2D eigenvalue weighted by Crippen LogP contribution is 2.00. The van der Waals surface area contributed by atoms with Crippen LogP contribution in [0, 0.1) is 5.92 Å². The van der Waals surface area contributed by atoms with Crippen LogP contribution in [0.3, 0.4) is 0 Å². The van der Waals surface area contributed by atoms with Gasteiger partial charge in [0, 0.05) is 0 Å². The average molecular weight is 114 g/mol. The highest BCUT2D eigenvalue weighted by Gasteiger charge is 1.87. The van der Waals surface area contributed by atoms with E-state index in [0.717, 1.165) is 0 Å². The second-order valence-corrected chi connectivity index (χ2v) is 1.95. The summed E-state index contributed by atoms with van der Waals surface area (Å²) in [5.74, 6) is 0.648. The van der Waals surface area contributed by atoms with Crippen molar-refractivity contribution in [3.63, 3.8) is 0 Å². The fourth-order valence-electron chi connectivity index (χ4n) is 0.349. The first-order valence-electron chi connectivity index (χ1n) is 3.00. The van der Waals surface area contributed by atoms with Gasteiger partial charge >= 0.3 is 0 Å². The molecular weight excluding hydrogens is 100 g/mol. The summed E-state index contributed by atoms with van der Waals surface area (Å²) in [5.41, 5.74) is 0. The lowest BCUT2D eigenvalue weighted by molar-refractivity contribution is 0.334. The van der Waals surface area contributed by atoms with Crippen molar-refractivity contribution < 1.29 is 4.74 Å². The monoisotopic (exact) mass is 114 g/mol. The van der Waals surface area contributed by atoms with Gasteiger partial charge in [0.15, 0.2) is 0 Å². The summed E-state index contributed by atoms with van der Waals surface area (Å²) >= 11 is 0. The summed E-state index contributed by atoms with van der Waals surface area (Å²) in [6.45, 7) is 4.32. The molecule has 0 aliphatic carbocycles. The van der Waals surface area contributed by atoms with Gasteiger partial charge in [-0.1, -0.05) is 13.8 Å². The predicted octanol–water partition coefficient (Wildman–Crippen LogP) is 2.19. The lowest BCUT2D eigenvalue weighted by Crippen LogP contribution is -1.83. The maximum absolute atomic E-state index is 4.73. The maximum Gasteiger partial charge on any atom is 0.0787 e. The minimum Gasteiger partial charge on any atom is -0.505 e. The zero-order valence-electron chi connectivity index (χ0n) is 5.85. The van der Waals surface area contributed by atoms with Crippen LogP contribution in [-0.2, 0) is 4.74 Å². The number of hydrogen-bond donors (Lipinski definition) is 0. The molecule has 1 atom stereocenters. The van der Waals surface area contributed by atoms with Crippen molar-refractivity contribution >= 4 is 0 Å². The SMILES string of the molecule is CC[C@@H](C)/C=C/OC. The molecule has 1 heteroatoms. The van der Waals surface area contributed by atoms with Gasteiger partial charge in [0.2, 0.25) is 0 Å². The van der Waals surface area contributed by atoms with Crippen molar-refractivity contribution in [2.75, 3.05) is 7.11 Å². The van der Waals surface area contributed by atoms with E-state index in [0.29, 0.717) is 5.92 Å². The number of ether oxygens (including phenoxy) is 1. The van der Waals surface area contributed by atoms with E-state index >= 15 is 0 Å². The normalized spacial score (nSPS) is 14.4. The Labute approximate surface area is 51.4 Å². The van der Waals surface area contributed by atoms with Crippen molar-refractivity contribution in [1.29, 1.82) is 0 Å². The second kappa shape index (κ2) is 4.69. The fourth-order valence-corrected chi connectivity index (χ4v) is 0.349. The third kappa shape index (κ3) is 3.72. The molecule has 0 heterocycles. The van der Waals surface area contributed by atoms with Crippen LogP contribution in [0.1, 0.15) is 20.3 Å². The molecule has 0 unspecified atom stereocenters. The number of rotatable bonds is 3. The Kier molecular flexibility index (Phi) is 4.42. The first-order chi connectivity index (χ1) is 3.81. The van der Waals surface area contributed by atoms with Gasteiger partial charge in [0.25, 0.3) is 0 Å². The molecule has 0 spiro atoms. The van der Waals surface area contributed by atoms with E-state index in [1.165, 1.54) is 6.42 Å². The quantitative estimate of drug-likeness (QED) is 0.511. The number of methoxy groups -OCH3 is 1. The third-order valence-corrected chi connectivity index (χ3v) is 1.19. The zero-order valence-corrected chi connectivity index (χ0v) is 5.85. The molecule has 0 bridgehead atoms. The highest BCUT2D eigenvalue weighted by molar-refractivity contribution is 4.78. The van der Waals surface area contributed by atoms with E-state index in [9.17, 15) is 0 Å². The molecule has 0 aromatic heterocycles. The van der Waals surface area contributed by atoms with E-state index in [2.05, 4.69) is 19.9 Å². The van der Waals surface area contributed by atoms with Gasteiger partial charge in [0.05, 0.1) is 13.4 Å². The van der Waals surface area contributed by atoms with Gasteiger partial charge in [-0.05, 0) is 18.4 Å². The molecule has 0 aromatic carbocycles. The minimum absolute atomic E-state index is 0.648. The summed E-state index contributed by atoms with van der Waals surface area (Å²) in [5, 5.41) is 0. The molecule has 0 saturated carbocycles. The minimum atomic E-state index is 0.648. The van der Waals surface area contributed by atoms with Crippen molar-refractivity contribution in [3.8, 4) is 0 Å². The third-order valence-electron chi connectivity index (χ3n) is 1.19. The largest absolute Gasteiger partial charge is 0.505 e. The molecule has 0 N–H and O–H groups in total. The molecule has 0 rings (SSSR count). The lowest BCUT2D eigenvalue weighted by atomic mass is 10.1. The van der Waals surface area contributed by atoms with Gasteiger partial charge in [-0.25, -0.2) is 0 Å². The first-order valence-corrected chi connectivity index (χ1v) is 3.00. The average Bonchev–Trinajstić information content (AvgIpc) is 1.83. The summed E-state index contributed by atoms with van der Waals surface area (Å²) in [6, 6.07) is 0. The number of allylic oxidation sites excluding steroid dienone is 1. The molecule has 0 fully saturated rings. The van der Waals surface area contributed by atoms with Crippen LogP contribution in [-0.4, -0.2) is 7.11 Å². The Morgan fingerprint density at radius 1 is 1.62 bits per heavy atom. The zero-order chi connectivity index (χ0) is 6.41.